The van der Waals surface area contributed by atoms with E-state index in [0.29, 0.717) is 6.54 Å². The Morgan fingerprint density at radius 3 is 3.05 bits per heavy atom. The summed E-state index contributed by atoms with van der Waals surface area (Å²) in [5.41, 5.74) is 0.874. The Morgan fingerprint density at radius 2 is 2.30 bits per heavy atom. The zero-order valence-electron chi connectivity index (χ0n) is 11.0. The maximum absolute atomic E-state index is 12.6. The molecule has 0 spiro atoms. The molecule has 4 nitrogen and oxygen atoms in total. The number of nitrogens with zero attached hydrogens (tertiary/aromatic N) is 3. The SMILES string of the molecule is C=CCN1CCN(C(=O)c2cccs2)c2cccnc21. The summed E-state index contributed by atoms with van der Waals surface area (Å²) < 4.78 is 0. The van der Waals surface area contributed by atoms with Crippen LogP contribution in [0.1, 0.15) is 9.67 Å². The molecule has 2 aromatic rings. The van der Waals surface area contributed by atoms with Gasteiger partial charge in [-0.2, -0.15) is 0 Å². The van der Waals surface area contributed by atoms with E-state index in [2.05, 4.69) is 16.5 Å². The first-order valence-electron chi connectivity index (χ1n) is 6.47. The number of pyridine rings is 1. The second-order valence-electron chi connectivity index (χ2n) is 4.51. The molecule has 3 heterocycles. The summed E-state index contributed by atoms with van der Waals surface area (Å²) >= 11 is 1.47. The number of carbonyl (C=O) groups excluding carboxylic acids is 1. The fourth-order valence-corrected chi connectivity index (χ4v) is 3.04. The Hall–Kier alpha value is -2.14. The highest BCUT2D eigenvalue weighted by Gasteiger charge is 2.28. The molecule has 0 aliphatic carbocycles. The van der Waals surface area contributed by atoms with E-state index in [0.717, 1.165) is 29.5 Å². The molecule has 0 radical (unpaired) electrons. The lowest BCUT2D eigenvalue weighted by Crippen LogP contribution is -2.44. The Balaban J connectivity index is 1.96. The minimum atomic E-state index is 0.0486. The van der Waals surface area contributed by atoms with Crippen LogP contribution in [0.25, 0.3) is 0 Å². The van der Waals surface area contributed by atoms with Gasteiger partial charge in [-0.25, -0.2) is 4.98 Å². The number of hydrogen-bond acceptors (Lipinski definition) is 4. The molecule has 5 heteroatoms. The van der Waals surface area contributed by atoms with Crippen LogP contribution in [0.5, 0.6) is 0 Å². The number of rotatable bonds is 3. The molecule has 1 aliphatic heterocycles. The van der Waals surface area contributed by atoms with Crippen molar-refractivity contribution in [3.05, 3.63) is 53.4 Å². The highest BCUT2D eigenvalue weighted by molar-refractivity contribution is 7.12. The summed E-state index contributed by atoms with van der Waals surface area (Å²) in [6.07, 6.45) is 3.61. The van der Waals surface area contributed by atoms with Gasteiger partial charge in [0.05, 0.1) is 10.6 Å². The Bertz CT molecular complexity index is 624. The van der Waals surface area contributed by atoms with Crippen LogP contribution in [0.15, 0.2) is 48.5 Å². The van der Waals surface area contributed by atoms with Gasteiger partial charge in [0.15, 0.2) is 5.82 Å². The van der Waals surface area contributed by atoms with Gasteiger partial charge in [-0.3, -0.25) is 4.79 Å². The molecule has 20 heavy (non-hydrogen) atoms. The maximum atomic E-state index is 12.6. The number of hydrogen-bond donors (Lipinski definition) is 0. The van der Waals surface area contributed by atoms with E-state index < -0.39 is 0 Å². The van der Waals surface area contributed by atoms with Gasteiger partial charge in [-0.1, -0.05) is 12.1 Å². The van der Waals surface area contributed by atoms with Crippen molar-refractivity contribution in [3.63, 3.8) is 0 Å². The molecule has 0 bridgehead atoms. The largest absolute Gasteiger partial charge is 0.349 e. The number of fused-ring (bicyclic) bond motifs is 1. The number of aromatic nitrogens is 1. The van der Waals surface area contributed by atoms with Gasteiger partial charge in [-0.05, 0) is 23.6 Å². The minimum Gasteiger partial charge on any atom is -0.349 e. The molecule has 1 aliphatic rings. The lowest BCUT2D eigenvalue weighted by Gasteiger charge is -2.35. The molecule has 0 aromatic carbocycles. The van der Waals surface area contributed by atoms with Crippen molar-refractivity contribution in [1.82, 2.24) is 4.98 Å². The lowest BCUT2D eigenvalue weighted by atomic mass is 10.2. The van der Waals surface area contributed by atoms with E-state index in [1.807, 2.05) is 40.6 Å². The molecule has 0 atom stereocenters. The molecule has 2 aromatic heterocycles. The van der Waals surface area contributed by atoms with Gasteiger partial charge in [0, 0.05) is 25.8 Å². The molecular weight excluding hydrogens is 270 g/mol. The third-order valence-corrected chi connectivity index (χ3v) is 4.13. The van der Waals surface area contributed by atoms with Crippen molar-refractivity contribution in [2.45, 2.75) is 0 Å². The van der Waals surface area contributed by atoms with Gasteiger partial charge >= 0.3 is 0 Å². The number of thiophene rings is 1. The first-order valence-corrected chi connectivity index (χ1v) is 7.35. The molecular formula is C15H15N3OS. The highest BCUT2D eigenvalue weighted by Crippen LogP contribution is 2.32. The molecule has 0 saturated carbocycles. The van der Waals surface area contributed by atoms with Gasteiger partial charge < -0.3 is 9.80 Å². The normalized spacial score (nSPS) is 14.0. The van der Waals surface area contributed by atoms with E-state index in [9.17, 15) is 4.79 Å². The highest BCUT2D eigenvalue weighted by atomic mass is 32.1. The average molecular weight is 285 g/mol. The standard InChI is InChI=1S/C15H15N3OS/c1-2-8-17-9-10-18(12-5-3-7-16-14(12)17)15(19)13-6-4-11-20-13/h2-7,11H,1,8-10H2. The van der Waals surface area contributed by atoms with Crippen LogP contribution >= 0.6 is 11.3 Å². The van der Waals surface area contributed by atoms with Gasteiger partial charge in [0.25, 0.3) is 5.91 Å². The van der Waals surface area contributed by atoms with E-state index >= 15 is 0 Å². The Kier molecular flexibility index (Phi) is 3.52. The zero-order valence-corrected chi connectivity index (χ0v) is 11.8. The third-order valence-electron chi connectivity index (χ3n) is 3.28. The maximum Gasteiger partial charge on any atom is 0.268 e. The second kappa shape index (κ2) is 5.46. The van der Waals surface area contributed by atoms with Gasteiger partial charge in [-0.15, -0.1) is 17.9 Å². The van der Waals surface area contributed by atoms with Crippen LogP contribution in [-0.4, -0.2) is 30.5 Å². The Morgan fingerprint density at radius 1 is 1.40 bits per heavy atom. The molecule has 0 fully saturated rings. The van der Waals surface area contributed by atoms with Crippen molar-refractivity contribution in [2.24, 2.45) is 0 Å². The summed E-state index contributed by atoms with van der Waals surface area (Å²) in [5.74, 6) is 0.899. The van der Waals surface area contributed by atoms with Gasteiger partial charge in [0.2, 0.25) is 0 Å². The van der Waals surface area contributed by atoms with Crippen molar-refractivity contribution in [1.29, 1.82) is 0 Å². The average Bonchev–Trinajstić information content (AvgIpc) is 3.01. The summed E-state index contributed by atoms with van der Waals surface area (Å²) in [5, 5.41) is 1.92. The summed E-state index contributed by atoms with van der Waals surface area (Å²) in [4.78, 5) is 21.7. The smallest absolute Gasteiger partial charge is 0.268 e. The topological polar surface area (TPSA) is 36.4 Å². The van der Waals surface area contributed by atoms with Crippen molar-refractivity contribution in [3.8, 4) is 0 Å². The molecule has 1 amide bonds. The van der Waals surface area contributed by atoms with Crippen molar-refractivity contribution >= 4 is 28.7 Å². The van der Waals surface area contributed by atoms with Crippen LogP contribution < -0.4 is 9.80 Å². The quantitative estimate of drug-likeness (QED) is 0.814. The molecule has 3 rings (SSSR count). The third kappa shape index (κ3) is 2.20. The molecule has 0 unspecified atom stereocenters. The molecule has 0 N–H and O–H groups in total. The minimum absolute atomic E-state index is 0.0486. The summed E-state index contributed by atoms with van der Waals surface area (Å²) in [7, 11) is 0. The number of carbonyl (C=O) groups is 1. The number of anilines is 2. The van der Waals surface area contributed by atoms with Gasteiger partial charge in [0.1, 0.15) is 0 Å². The van der Waals surface area contributed by atoms with E-state index in [1.165, 1.54) is 11.3 Å². The van der Waals surface area contributed by atoms with Crippen LogP contribution in [0.3, 0.4) is 0 Å². The van der Waals surface area contributed by atoms with E-state index in [-0.39, 0.29) is 5.91 Å². The zero-order chi connectivity index (χ0) is 13.9. The Labute approximate surface area is 122 Å². The van der Waals surface area contributed by atoms with E-state index in [1.54, 1.807) is 6.20 Å². The summed E-state index contributed by atoms with van der Waals surface area (Å²) in [6, 6.07) is 7.57. The van der Waals surface area contributed by atoms with E-state index in [4.69, 9.17) is 0 Å². The second-order valence-corrected chi connectivity index (χ2v) is 5.46. The predicted molar refractivity (Wildman–Crippen MR) is 82.6 cm³/mol. The molecule has 0 saturated heterocycles. The monoisotopic (exact) mass is 285 g/mol. The van der Waals surface area contributed by atoms with Crippen LogP contribution in [0, 0.1) is 0 Å². The van der Waals surface area contributed by atoms with Crippen LogP contribution in [0.2, 0.25) is 0 Å². The first kappa shape index (κ1) is 12.9. The van der Waals surface area contributed by atoms with Crippen LogP contribution in [0.4, 0.5) is 11.5 Å². The van der Waals surface area contributed by atoms with Crippen LogP contribution in [-0.2, 0) is 0 Å². The fourth-order valence-electron chi connectivity index (χ4n) is 2.37. The molecule has 102 valence electrons. The number of amides is 1. The predicted octanol–water partition coefficient (Wildman–Crippen LogP) is 2.80. The summed E-state index contributed by atoms with van der Waals surface area (Å²) in [6.45, 7) is 5.96. The lowest BCUT2D eigenvalue weighted by molar-refractivity contribution is 0.0990. The van der Waals surface area contributed by atoms with Crippen molar-refractivity contribution in [2.75, 3.05) is 29.4 Å². The van der Waals surface area contributed by atoms with Crippen molar-refractivity contribution < 1.29 is 4.79 Å². The fraction of sp³-hybridized carbons (Fsp3) is 0.200. The first-order chi connectivity index (χ1) is 9.81.